The molecule has 0 fully saturated rings. The Labute approximate surface area is 187 Å². The zero-order chi connectivity index (χ0) is 21.6. The minimum absolute atomic E-state index is 0.189. The van der Waals surface area contributed by atoms with E-state index in [-0.39, 0.29) is 11.3 Å². The van der Waals surface area contributed by atoms with Gasteiger partial charge in [-0.2, -0.15) is 5.10 Å². The smallest absolute Gasteiger partial charge is 0.262 e. The third-order valence-electron chi connectivity index (χ3n) is 4.83. The molecule has 30 heavy (non-hydrogen) atoms. The highest BCUT2D eigenvalue weighted by Crippen LogP contribution is 2.33. The van der Waals surface area contributed by atoms with Crippen LogP contribution in [0.3, 0.4) is 0 Å². The van der Waals surface area contributed by atoms with E-state index >= 15 is 0 Å². The van der Waals surface area contributed by atoms with Gasteiger partial charge in [-0.1, -0.05) is 53.9 Å². The fraction of sp³-hybridized carbons (Fsp3) is 0.190. The van der Waals surface area contributed by atoms with Gasteiger partial charge in [-0.3, -0.25) is 4.79 Å². The van der Waals surface area contributed by atoms with Gasteiger partial charge in [0.15, 0.2) is 5.65 Å². The standard InChI is InChI=1S/C21H17Cl3N4O2/c1-3-15-18-20(28(27-15)19-13(23)8-12(22)9-14(19)24)25-17(26-21(18)30)7-11-5-4-10(2)16(29)6-11/h4-6,8-9,29H,3,7H2,1-2H3,(H,25,26,30). The molecular formula is C21H17Cl3N4O2. The topological polar surface area (TPSA) is 83.8 Å². The summed E-state index contributed by atoms with van der Waals surface area (Å²) in [4.78, 5) is 20.3. The number of rotatable bonds is 4. The second-order valence-electron chi connectivity index (χ2n) is 6.94. The van der Waals surface area contributed by atoms with E-state index in [0.29, 0.717) is 56.1 Å². The van der Waals surface area contributed by atoms with Crippen LogP contribution in [0.2, 0.25) is 15.1 Å². The molecule has 0 radical (unpaired) electrons. The molecule has 0 spiro atoms. The zero-order valence-corrected chi connectivity index (χ0v) is 18.4. The maximum Gasteiger partial charge on any atom is 0.262 e. The number of hydrogen-bond acceptors (Lipinski definition) is 4. The van der Waals surface area contributed by atoms with Crippen molar-refractivity contribution in [1.29, 1.82) is 0 Å². The van der Waals surface area contributed by atoms with Gasteiger partial charge in [0.25, 0.3) is 5.56 Å². The average molecular weight is 464 g/mol. The van der Waals surface area contributed by atoms with Gasteiger partial charge in [0.2, 0.25) is 0 Å². The summed E-state index contributed by atoms with van der Waals surface area (Å²) in [5, 5.41) is 15.9. The molecule has 0 aliphatic rings. The number of aromatic hydroxyl groups is 1. The molecule has 0 unspecified atom stereocenters. The maximum atomic E-state index is 12.9. The van der Waals surface area contributed by atoms with Crippen molar-refractivity contribution < 1.29 is 5.11 Å². The first-order chi connectivity index (χ1) is 14.3. The molecule has 0 amide bonds. The third-order valence-corrected chi connectivity index (χ3v) is 5.63. The van der Waals surface area contributed by atoms with Crippen molar-refractivity contribution in [2.24, 2.45) is 0 Å². The number of nitrogens with one attached hydrogen (secondary N) is 1. The van der Waals surface area contributed by atoms with Crippen LogP contribution < -0.4 is 5.56 Å². The Morgan fingerprint density at radius 1 is 1.13 bits per heavy atom. The fourth-order valence-electron chi connectivity index (χ4n) is 3.32. The number of hydrogen-bond donors (Lipinski definition) is 2. The van der Waals surface area contributed by atoms with Crippen LogP contribution in [-0.2, 0) is 12.8 Å². The van der Waals surface area contributed by atoms with Gasteiger partial charge in [-0.05, 0) is 42.7 Å². The van der Waals surface area contributed by atoms with Gasteiger partial charge in [-0.25, -0.2) is 9.67 Å². The molecule has 2 N–H and O–H groups in total. The minimum Gasteiger partial charge on any atom is -0.508 e. The highest BCUT2D eigenvalue weighted by atomic mass is 35.5. The van der Waals surface area contributed by atoms with Gasteiger partial charge < -0.3 is 10.1 Å². The molecule has 0 aliphatic carbocycles. The summed E-state index contributed by atoms with van der Waals surface area (Å²) in [6.07, 6.45) is 0.857. The zero-order valence-electron chi connectivity index (χ0n) is 16.1. The molecule has 0 atom stereocenters. The van der Waals surface area contributed by atoms with Crippen LogP contribution in [-0.4, -0.2) is 24.9 Å². The van der Waals surface area contributed by atoms with E-state index < -0.39 is 0 Å². The fourth-order valence-corrected chi connectivity index (χ4v) is 4.30. The van der Waals surface area contributed by atoms with Gasteiger partial charge in [0.05, 0.1) is 15.7 Å². The number of phenols is 1. The molecular weight excluding hydrogens is 447 g/mol. The minimum atomic E-state index is -0.296. The number of halogens is 3. The van der Waals surface area contributed by atoms with Crippen LogP contribution >= 0.6 is 34.8 Å². The number of aryl methyl sites for hydroxylation is 2. The van der Waals surface area contributed by atoms with Crippen molar-refractivity contribution in [1.82, 2.24) is 19.7 Å². The van der Waals surface area contributed by atoms with Gasteiger partial charge >= 0.3 is 0 Å². The van der Waals surface area contributed by atoms with E-state index in [4.69, 9.17) is 34.8 Å². The summed E-state index contributed by atoms with van der Waals surface area (Å²) >= 11 is 18.8. The molecule has 4 aromatic rings. The molecule has 0 aliphatic heterocycles. The Balaban J connectivity index is 1.92. The van der Waals surface area contributed by atoms with Crippen molar-refractivity contribution in [3.05, 3.63) is 78.4 Å². The summed E-state index contributed by atoms with van der Waals surface area (Å²) < 4.78 is 1.49. The van der Waals surface area contributed by atoms with E-state index in [1.54, 1.807) is 18.2 Å². The average Bonchev–Trinajstić information content (AvgIpc) is 3.03. The molecule has 6 nitrogen and oxygen atoms in total. The quantitative estimate of drug-likeness (QED) is 0.434. The number of nitrogens with zero attached hydrogens (tertiary/aromatic N) is 3. The molecule has 154 valence electrons. The van der Waals surface area contributed by atoms with E-state index in [9.17, 15) is 9.90 Å². The lowest BCUT2D eigenvalue weighted by Gasteiger charge is -2.09. The molecule has 4 rings (SSSR count). The highest BCUT2D eigenvalue weighted by molar-refractivity contribution is 6.40. The molecule has 2 heterocycles. The van der Waals surface area contributed by atoms with Gasteiger partial charge in [-0.15, -0.1) is 0 Å². The molecule has 9 heteroatoms. The van der Waals surface area contributed by atoms with Crippen LogP contribution in [0.15, 0.2) is 35.1 Å². The van der Waals surface area contributed by atoms with Crippen LogP contribution in [0.25, 0.3) is 16.7 Å². The van der Waals surface area contributed by atoms with E-state index in [2.05, 4.69) is 15.1 Å². The van der Waals surface area contributed by atoms with E-state index in [1.165, 1.54) is 4.68 Å². The normalized spacial score (nSPS) is 11.4. The number of aromatic amines is 1. The van der Waals surface area contributed by atoms with Crippen molar-refractivity contribution >= 4 is 45.8 Å². The number of fused-ring (bicyclic) bond motifs is 1. The molecule has 0 saturated heterocycles. The highest BCUT2D eigenvalue weighted by Gasteiger charge is 2.20. The summed E-state index contributed by atoms with van der Waals surface area (Å²) in [5.74, 6) is 0.620. The van der Waals surface area contributed by atoms with Crippen molar-refractivity contribution in [3.8, 4) is 11.4 Å². The number of benzene rings is 2. The van der Waals surface area contributed by atoms with Crippen LogP contribution in [0.4, 0.5) is 0 Å². The second-order valence-corrected chi connectivity index (χ2v) is 8.19. The molecule has 0 bridgehead atoms. The first-order valence-corrected chi connectivity index (χ1v) is 10.4. The lowest BCUT2D eigenvalue weighted by atomic mass is 10.1. The van der Waals surface area contributed by atoms with Crippen LogP contribution in [0, 0.1) is 6.92 Å². The number of phenolic OH excluding ortho intramolecular Hbond substituents is 1. The SMILES string of the molecule is CCc1nn(-c2c(Cl)cc(Cl)cc2Cl)c2nc(Cc3ccc(C)c(O)c3)[nH]c(=O)c12. The predicted octanol–water partition coefficient (Wildman–Crippen LogP) is 5.24. The van der Waals surface area contributed by atoms with Crippen LogP contribution in [0.1, 0.15) is 29.6 Å². The molecule has 2 aromatic carbocycles. The Kier molecular flexibility index (Phi) is 5.49. The largest absolute Gasteiger partial charge is 0.508 e. The first kappa shape index (κ1) is 20.7. The second kappa shape index (κ2) is 7.95. The molecule has 2 aromatic heterocycles. The summed E-state index contributed by atoms with van der Waals surface area (Å²) in [7, 11) is 0. The Morgan fingerprint density at radius 2 is 1.83 bits per heavy atom. The van der Waals surface area contributed by atoms with Crippen molar-refractivity contribution in [2.45, 2.75) is 26.7 Å². The maximum absolute atomic E-state index is 12.9. The lowest BCUT2D eigenvalue weighted by molar-refractivity contribution is 0.470. The summed E-state index contributed by atoms with van der Waals surface area (Å²) in [5.41, 5.74) is 2.63. The van der Waals surface area contributed by atoms with Crippen molar-refractivity contribution in [3.63, 3.8) is 0 Å². The lowest BCUT2D eigenvalue weighted by Crippen LogP contribution is -2.13. The van der Waals surface area contributed by atoms with E-state index in [1.807, 2.05) is 26.0 Å². The van der Waals surface area contributed by atoms with Crippen molar-refractivity contribution in [2.75, 3.05) is 0 Å². The third kappa shape index (κ3) is 3.67. The van der Waals surface area contributed by atoms with Crippen LogP contribution in [0.5, 0.6) is 5.75 Å². The Morgan fingerprint density at radius 3 is 2.47 bits per heavy atom. The monoisotopic (exact) mass is 462 g/mol. The Hall–Kier alpha value is -2.54. The predicted molar refractivity (Wildman–Crippen MR) is 120 cm³/mol. The Bertz CT molecular complexity index is 1320. The number of aromatic nitrogens is 4. The summed E-state index contributed by atoms with van der Waals surface area (Å²) in [6.45, 7) is 3.72. The molecule has 0 saturated carbocycles. The first-order valence-electron chi connectivity index (χ1n) is 9.22. The van der Waals surface area contributed by atoms with Gasteiger partial charge in [0, 0.05) is 11.4 Å². The van der Waals surface area contributed by atoms with E-state index in [0.717, 1.165) is 11.1 Å². The summed E-state index contributed by atoms with van der Waals surface area (Å²) in [6, 6.07) is 8.47. The number of H-pyrrole nitrogens is 1. The van der Waals surface area contributed by atoms with Gasteiger partial charge in [0.1, 0.15) is 22.6 Å².